The summed E-state index contributed by atoms with van der Waals surface area (Å²) in [5, 5.41) is 10.8. The quantitative estimate of drug-likeness (QED) is 0.774. The number of halogens is 3. The monoisotopic (exact) mass is 307 g/mol. The highest BCUT2D eigenvalue weighted by Gasteiger charge is 2.11. The van der Waals surface area contributed by atoms with Crippen LogP contribution in [-0.2, 0) is 13.2 Å². The van der Waals surface area contributed by atoms with Gasteiger partial charge < -0.3 is 9.67 Å². The van der Waals surface area contributed by atoms with Gasteiger partial charge in [0.25, 0.3) is 0 Å². The van der Waals surface area contributed by atoms with E-state index in [0.29, 0.717) is 5.02 Å². The van der Waals surface area contributed by atoms with E-state index in [2.05, 4.69) is 0 Å². The average molecular weight is 308 g/mol. The summed E-state index contributed by atoms with van der Waals surface area (Å²) in [6.45, 7) is 0.0389. The molecule has 0 bridgehead atoms. The third-order valence-corrected chi connectivity index (χ3v) is 3.68. The van der Waals surface area contributed by atoms with Crippen molar-refractivity contribution in [2.45, 2.75) is 13.2 Å². The molecule has 0 aliphatic carbocycles. The summed E-state index contributed by atoms with van der Waals surface area (Å²) in [6.07, 6.45) is 1.73. The second-order valence-corrected chi connectivity index (χ2v) is 5.27. The van der Waals surface area contributed by atoms with Crippen LogP contribution in [0, 0.1) is 11.6 Å². The minimum absolute atomic E-state index is 0.128. The molecule has 0 fully saturated rings. The minimum atomic E-state index is -0.483. The smallest absolute Gasteiger partial charge is 0.128 e. The van der Waals surface area contributed by atoms with Gasteiger partial charge in [-0.2, -0.15) is 0 Å². The molecule has 0 spiro atoms. The van der Waals surface area contributed by atoms with Crippen LogP contribution in [0.1, 0.15) is 11.1 Å². The summed E-state index contributed by atoms with van der Waals surface area (Å²) < 4.78 is 28.8. The fourth-order valence-corrected chi connectivity index (χ4v) is 2.61. The number of benzene rings is 2. The summed E-state index contributed by atoms with van der Waals surface area (Å²) in [5.74, 6) is -0.950. The van der Waals surface area contributed by atoms with Crippen LogP contribution >= 0.6 is 11.6 Å². The Morgan fingerprint density at radius 1 is 1.05 bits per heavy atom. The molecule has 3 aromatic rings. The van der Waals surface area contributed by atoms with E-state index in [-0.39, 0.29) is 18.7 Å². The lowest BCUT2D eigenvalue weighted by molar-refractivity contribution is 0.283. The first-order chi connectivity index (χ1) is 10.1. The molecule has 0 saturated carbocycles. The molecule has 3 rings (SSSR count). The molecule has 2 nitrogen and oxygen atoms in total. The predicted octanol–water partition coefficient (Wildman–Crippen LogP) is 4.11. The molecule has 0 aliphatic heterocycles. The highest BCUT2D eigenvalue weighted by molar-refractivity contribution is 6.31. The van der Waals surface area contributed by atoms with Gasteiger partial charge in [-0.25, -0.2) is 8.78 Å². The molecular formula is C16H12ClF2NO. The van der Waals surface area contributed by atoms with Gasteiger partial charge in [0.05, 0.1) is 18.7 Å². The molecule has 0 atom stereocenters. The Morgan fingerprint density at radius 3 is 2.62 bits per heavy atom. The Hall–Kier alpha value is -1.91. The van der Waals surface area contributed by atoms with Crippen molar-refractivity contribution in [1.82, 2.24) is 4.57 Å². The zero-order valence-corrected chi connectivity index (χ0v) is 11.7. The molecule has 2 aromatic carbocycles. The standard InChI is InChI=1S/C16H12ClF2NO/c17-12-1-3-14-11(9-21)8-20(16(14)6-12)7-10-5-13(18)2-4-15(10)19/h1-6,8,21H,7,9H2. The fourth-order valence-electron chi connectivity index (χ4n) is 2.45. The third kappa shape index (κ3) is 2.64. The Morgan fingerprint density at radius 2 is 1.86 bits per heavy atom. The van der Waals surface area contributed by atoms with Gasteiger partial charge in [0.2, 0.25) is 0 Å². The van der Waals surface area contributed by atoms with Crippen LogP contribution in [0.4, 0.5) is 8.78 Å². The molecule has 0 amide bonds. The number of nitrogens with zero attached hydrogens (tertiary/aromatic N) is 1. The van der Waals surface area contributed by atoms with Gasteiger partial charge in [-0.1, -0.05) is 17.7 Å². The average Bonchev–Trinajstić information content (AvgIpc) is 2.80. The number of aromatic nitrogens is 1. The summed E-state index contributed by atoms with van der Waals surface area (Å²) >= 11 is 5.99. The van der Waals surface area contributed by atoms with Crippen molar-refractivity contribution in [1.29, 1.82) is 0 Å². The van der Waals surface area contributed by atoms with E-state index in [9.17, 15) is 13.9 Å². The number of aliphatic hydroxyl groups is 1. The van der Waals surface area contributed by atoms with Crippen LogP contribution < -0.4 is 0 Å². The van der Waals surface area contributed by atoms with Crippen LogP contribution in [0.25, 0.3) is 10.9 Å². The van der Waals surface area contributed by atoms with Crippen LogP contribution in [0.15, 0.2) is 42.6 Å². The van der Waals surface area contributed by atoms with Crippen molar-refractivity contribution < 1.29 is 13.9 Å². The zero-order chi connectivity index (χ0) is 15.0. The van der Waals surface area contributed by atoms with Gasteiger partial charge in [0, 0.05) is 27.7 Å². The number of rotatable bonds is 3. The number of hydrogen-bond acceptors (Lipinski definition) is 1. The zero-order valence-electron chi connectivity index (χ0n) is 11.0. The summed E-state index contributed by atoms with van der Waals surface area (Å²) in [7, 11) is 0. The Labute approximate surface area is 125 Å². The second-order valence-electron chi connectivity index (χ2n) is 4.84. The fraction of sp³-hybridized carbons (Fsp3) is 0.125. The summed E-state index contributed by atoms with van der Waals surface area (Å²) in [4.78, 5) is 0. The van der Waals surface area contributed by atoms with E-state index in [1.54, 1.807) is 22.9 Å². The van der Waals surface area contributed by atoms with Crippen LogP contribution in [0.3, 0.4) is 0 Å². The van der Waals surface area contributed by atoms with Crippen molar-refractivity contribution in [2.24, 2.45) is 0 Å². The first kappa shape index (κ1) is 14.0. The molecule has 1 aromatic heterocycles. The lowest BCUT2D eigenvalue weighted by Gasteiger charge is -2.07. The molecular weight excluding hydrogens is 296 g/mol. The molecule has 5 heteroatoms. The highest BCUT2D eigenvalue weighted by atomic mass is 35.5. The predicted molar refractivity (Wildman–Crippen MR) is 78.3 cm³/mol. The van der Waals surface area contributed by atoms with Gasteiger partial charge >= 0.3 is 0 Å². The van der Waals surface area contributed by atoms with Crippen molar-refractivity contribution in [3.8, 4) is 0 Å². The van der Waals surface area contributed by atoms with E-state index in [1.165, 1.54) is 6.07 Å². The molecule has 0 aliphatic rings. The number of fused-ring (bicyclic) bond motifs is 1. The SMILES string of the molecule is OCc1cn(Cc2cc(F)ccc2F)c2cc(Cl)ccc12. The topological polar surface area (TPSA) is 25.2 Å². The van der Waals surface area contributed by atoms with Gasteiger partial charge in [0.15, 0.2) is 0 Å². The molecule has 1 N–H and O–H groups in total. The van der Waals surface area contributed by atoms with E-state index in [4.69, 9.17) is 11.6 Å². The lowest BCUT2D eigenvalue weighted by Crippen LogP contribution is -2.01. The number of aliphatic hydroxyl groups excluding tert-OH is 1. The van der Waals surface area contributed by atoms with E-state index in [0.717, 1.165) is 28.6 Å². The Balaban J connectivity index is 2.12. The summed E-state index contributed by atoms with van der Waals surface area (Å²) in [5.41, 5.74) is 1.74. The van der Waals surface area contributed by atoms with Gasteiger partial charge in [-0.3, -0.25) is 0 Å². The van der Waals surface area contributed by atoms with Gasteiger partial charge in [-0.05, 0) is 30.3 Å². The van der Waals surface area contributed by atoms with Crippen molar-refractivity contribution in [2.75, 3.05) is 0 Å². The van der Waals surface area contributed by atoms with Crippen LogP contribution in [-0.4, -0.2) is 9.67 Å². The first-order valence-corrected chi connectivity index (χ1v) is 6.78. The van der Waals surface area contributed by atoms with E-state index < -0.39 is 11.6 Å². The van der Waals surface area contributed by atoms with Crippen LogP contribution in [0.5, 0.6) is 0 Å². The molecule has 0 saturated heterocycles. The lowest BCUT2D eigenvalue weighted by atomic mass is 10.2. The second kappa shape index (κ2) is 5.47. The van der Waals surface area contributed by atoms with E-state index in [1.807, 2.05) is 6.07 Å². The Bertz CT molecular complexity index is 813. The van der Waals surface area contributed by atoms with Crippen molar-refractivity contribution >= 4 is 22.5 Å². The molecule has 108 valence electrons. The molecule has 0 radical (unpaired) electrons. The number of hydrogen-bond donors (Lipinski definition) is 1. The van der Waals surface area contributed by atoms with E-state index >= 15 is 0 Å². The maximum Gasteiger partial charge on any atom is 0.128 e. The van der Waals surface area contributed by atoms with Gasteiger partial charge in [0.1, 0.15) is 11.6 Å². The first-order valence-electron chi connectivity index (χ1n) is 6.40. The van der Waals surface area contributed by atoms with Crippen LogP contribution in [0.2, 0.25) is 5.02 Å². The Kier molecular flexibility index (Phi) is 3.66. The van der Waals surface area contributed by atoms with Crippen molar-refractivity contribution in [3.63, 3.8) is 0 Å². The maximum absolute atomic E-state index is 13.8. The van der Waals surface area contributed by atoms with Crippen molar-refractivity contribution in [3.05, 3.63) is 70.4 Å². The molecule has 1 heterocycles. The normalized spacial score (nSPS) is 11.2. The maximum atomic E-state index is 13.8. The van der Waals surface area contributed by atoms with Gasteiger partial charge in [-0.15, -0.1) is 0 Å². The highest BCUT2D eigenvalue weighted by Crippen LogP contribution is 2.26. The minimum Gasteiger partial charge on any atom is -0.392 e. The third-order valence-electron chi connectivity index (χ3n) is 3.45. The largest absolute Gasteiger partial charge is 0.392 e. The molecule has 0 unspecified atom stereocenters. The molecule has 21 heavy (non-hydrogen) atoms. The summed E-state index contributed by atoms with van der Waals surface area (Å²) in [6, 6.07) is 8.65.